The van der Waals surface area contributed by atoms with E-state index >= 15 is 0 Å². The molecule has 0 aliphatic carbocycles. The number of amides is 1. The van der Waals surface area contributed by atoms with E-state index in [-0.39, 0.29) is 12.2 Å². The molecule has 4 aromatic rings. The minimum atomic E-state index is -1.06. The summed E-state index contributed by atoms with van der Waals surface area (Å²) in [5, 5.41) is 16.4. The Labute approximate surface area is 164 Å². The molecule has 0 saturated carbocycles. The van der Waals surface area contributed by atoms with Gasteiger partial charge in [0.2, 0.25) is 0 Å². The van der Waals surface area contributed by atoms with Crippen molar-refractivity contribution < 1.29 is 14.7 Å². The Hall–Kier alpha value is -3.52. The second kappa shape index (κ2) is 7.24. The van der Waals surface area contributed by atoms with E-state index in [2.05, 4.69) is 28.4 Å². The highest BCUT2D eigenvalue weighted by molar-refractivity contribution is 7.21. The zero-order valence-electron chi connectivity index (χ0n) is 14.9. The van der Waals surface area contributed by atoms with Crippen LogP contribution in [0.15, 0.2) is 54.7 Å². The molecule has 2 aromatic carbocycles. The van der Waals surface area contributed by atoms with Crippen LogP contribution in [-0.4, -0.2) is 31.7 Å². The first-order chi connectivity index (χ1) is 13.5. The van der Waals surface area contributed by atoms with Gasteiger partial charge in [0, 0.05) is 17.4 Å². The third kappa shape index (κ3) is 3.63. The molecule has 2 N–H and O–H groups in total. The molecular formula is C20H16N4O3S. The summed E-state index contributed by atoms with van der Waals surface area (Å²) in [6.45, 7) is 1.69. The number of aryl methyl sites for hydroxylation is 1. The number of hydrogen-bond donors (Lipinski definition) is 2. The number of nitrogens with one attached hydrogen (secondary N) is 1. The van der Waals surface area contributed by atoms with Gasteiger partial charge in [-0.1, -0.05) is 6.07 Å². The molecule has 7 nitrogen and oxygen atoms in total. The third-order valence-corrected chi connectivity index (χ3v) is 5.24. The molecule has 2 heterocycles. The lowest BCUT2D eigenvalue weighted by molar-refractivity contribution is -0.137. The fourth-order valence-electron chi connectivity index (χ4n) is 2.83. The van der Waals surface area contributed by atoms with Crippen LogP contribution in [0.25, 0.3) is 20.8 Å². The van der Waals surface area contributed by atoms with Crippen molar-refractivity contribution in [1.29, 1.82) is 0 Å². The molecular weight excluding hydrogens is 376 g/mol. The van der Waals surface area contributed by atoms with Crippen LogP contribution in [0.1, 0.15) is 16.1 Å². The quantitative estimate of drug-likeness (QED) is 0.538. The normalized spacial score (nSPS) is 10.9. The smallest absolute Gasteiger partial charge is 0.325 e. The van der Waals surface area contributed by atoms with Gasteiger partial charge in [0.15, 0.2) is 0 Å². The zero-order chi connectivity index (χ0) is 19.7. The molecule has 0 spiro atoms. The summed E-state index contributed by atoms with van der Waals surface area (Å²) in [5.41, 5.74) is 3.92. The molecule has 1 amide bonds. The van der Waals surface area contributed by atoms with Crippen LogP contribution in [0.2, 0.25) is 0 Å². The number of fused-ring (bicyclic) bond motifs is 1. The molecule has 0 saturated heterocycles. The first-order valence-corrected chi connectivity index (χ1v) is 9.34. The van der Waals surface area contributed by atoms with E-state index in [1.807, 2.05) is 24.3 Å². The summed E-state index contributed by atoms with van der Waals surface area (Å²) in [4.78, 5) is 27.9. The van der Waals surface area contributed by atoms with Crippen molar-refractivity contribution in [2.45, 2.75) is 13.5 Å². The SMILES string of the molecule is Cc1ccc2nc(-c3ccc(NC(=O)c4ccnn4CC(=O)O)cc3)sc2c1. The number of carboxylic acid groups (broad SMARTS) is 1. The monoisotopic (exact) mass is 392 g/mol. The predicted molar refractivity (Wildman–Crippen MR) is 108 cm³/mol. The Morgan fingerprint density at radius 3 is 2.68 bits per heavy atom. The number of carbonyl (C=O) groups excluding carboxylic acids is 1. The summed E-state index contributed by atoms with van der Waals surface area (Å²) >= 11 is 1.62. The van der Waals surface area contributed by atoms with E-state index in [0.29, 0.717) is 5.69 Å². The lowest BCUT2D eigenvalue weighted by atomic mass is 10.2. The second-order valence-electron chi connectivity index (χ2n) is 6.29. The van der Waals surface area contributed by atoms with E-state index in [1.54, 1.807) is 23.5 Å². The van der Waals surface area contributed by atoms with Gasteiger partial charge in [-0.25, -0.2) is 9.67 Å². The van der Waals surface area contributed by atoms with Crippen LogP contribution < -0.4 is 5.32 Å². The van der Waals surface area contributed by atoms with Crippen molar-refractivity contribution in [3.05, 3.63) is 66.0 Å². The topological polar surface area (TPSA) is 97.1 Å². The van der Waals surface area contributed by atoms with E-state index in [0.717, 1.165) is 25.5 Å². The molecule has 0 aliphatic heterocycles. The highest BCUT2D eigenvalue weighted by Gasteiger charge is 2.14. The molecule has 0 bridgehead atoms. The van der Waals surface area contributed by atoms with Gasteiger partial charge in [0.25, 0.3) is 5.91 Å². The lowest BCUT2D eigenvalue weighted by Gasteiger charge is -2.07. The molecule has 0 unspecified atom stereocenters. The molecule has 140 valence electrons. The number of thiazole rings is 1. The van der Waals surface area contributed by atoms with Crippen molar-refractivity contribution >= 4 is 39.1 Å². The third-order valence-electron chi connectivity index (χ3n) is 4.17. The standard InChI is InChI=1S/C20H16N4O3S/c1-12-2-7-15-17(10-12)28-20(23-15)13-3-5-14(6-4-13)22-19(27)16-8-9-21-24(16)11-18(25)26/h2-10H,11H2,1H3,(H,22,27)(H,25,26). The Balaban J connectivity index is 1.52. The van der Waals surface area contributed by atoms with Crippen LogP contribution in [0.5, 0.6) is 0 Å². The van der Waals surface area contributed by atoms with E-state index < -0.39 is 11.9 Å². The van der Waals surface area contributed by atoms with E-state index in [4.69, 9.17) is 5.11 Å². The molecule has 8 heteroatoms. The molecule has 0 atom stereocenters. The molecule has 0 radical (unpaired) electrons. The van der Waals surface area contributed by atoms with Crippen LogP contribution in [0, 0.1) is 6.92 Å². The number of carboxylic acids is 1. The average Bonchev–Trinajstić information content (AvgIpc) is 3.28. The summed E-state index contributed by atoms with van der Waals surface area (Å²) < 4.78 is 2.29. The maximum atomic E-state index is 12.4. The number of nitrogens with zero attached hydrogens (tertiary/aromatic N) is 3. The second-order valence-corrected chi connectivity index (χ2v) is 7.32. The van der Waals surface area contributed by atoms with Crippen molar-refractivity contribution in [2.75, 3.05) is 5.32 Å². The lowest BCUT2D eigenvalue weighted by Crippen LogP contribution is -2.20. The van der Waals surface area contributed by atoms with Crippen molar-refractivity contribution in [3.8, 4) is 10.6 Å². The van der Waals surface area contributed by atoms with Crippen molar-refractivity contribution in [3.63, 3.8) is 0 Å². The number of carbonyl (C=O) groups is 2. The number of benzene rings is 2. The van der Waals surface area contributed by atoms with Gasteiger partial charge in [-0.15, -0.1) is 11.3 Å². The molecule has 4 rings (SSSR count). The number of aromatic nitrogens is 3. The largest absolute Gasteiger partial charge is 0.480 e. The predicted octanol–water partition coefficient (Wildman–Crippen LogP) is 3.81. The highest BCUT2D eigenvalue weighted by Crippen LogP contribution is 2.31. The van der Waals surface area contributed by atoms with Gasteiger partial charge < -0.3 is 10.4 Å². The highest BCUT2D eigenvalue weighted by atomic mass is 32.1. The number of hydrogen-bond acceptors (Lipinski definition) is 5. The van der Waals surface area contributed by atoms with Gasteiger partial charge in [0.1, 0.15) is 17.2 Å². The van der Waals surface area contributed by atoms with Gasteiger partial charge in [-0.3, -0.25) is 9.59 Å². The maximum absolute atomic E-state index is 12.4. The fourth-order valence-corrected chi connectivity index (χ4v) is 3.90. The molecule has 0 aliphatic rings. The minimum absolute atomic E-state index is 0.188. The molecule has 28 heavy (non-hydrogen) atoms. The Kier molecular flexibility index (Phi) is 4.62. The molecule has 0 fully saturated rings. The van der Waals surface area contributed by atoms with E-state index in [1.165, 1.54) is 17.8 Å². The maximum Gasteiger partial charge on any atom is 0.325 e. The summed E-state index contributed by atoms with van der Waals surface area (Å²) in [5.74, 6) is -1.48. The fraction of sp³-hybridized carbons (Fsp3) is 0.100. The summed E-state index contributed by atoms with van der Waals surface area (Å²) in [6, 6.07) is 15.0. The van der Waals surface area contributed by atoms with Gasteiger partial charge >= 0.3 is 5.97 Å². The van der Waals surface area contributed by atoms with Crippen molar-refractivity contribution in [2.24, 2.45) is 0 Å². The van der Waals surface area contributed by atoms with Crippen LogP contribution in [-0.2, 0) is 11.3 Å². The van der Waals surface area contributed by atoms with Crippen LogP contribution in [0.4, 0.5) is 5.69 Å². The minimum Gasteiger partial charge on any atom is -0.480 e. The number of anilines is 1. The summed E-state index contributed by atoms with van der Waals surface area (Å²) in [7, 11) is 0. The Morgan fingerprint density at radius 2 is 1.93 bits per heavy atom. The average molecular weight is 392 g/mol. The van der Waals surface area contributed by atoms with E-state index in [9.17, 15) is 9.59 Å². The van der Waals surface area contributed by atoms with Gasteiger partial charge in [-0.05, 0) is 55.0 Å². The molecule has 2 aromatic heterocycles. The van der Waals surface area contributed by atoms with Gasteiger partial charge in [-0.2, -0.15) is 5.10 Å². The first kappa shape index (κ1) is 17.9. The van der Waals surface area contributed by atoms with Crippen LogP contribution in [0.3, 0.4) is 0 Å². The Morgan fingerprint density at radius 1 is 1.14 bits per heavy atom. The first-order valence-electron chi connectivity index (χ1n) is 8.52. The van der Waals surface area contributed by atoms with Crippen LogP contribution >= 0.6 is 11.3 Å². The number of rotatable bonds is 5. The number of aliphatic carboxylic acids is 1. The van der Waals surface area contributed by atoms with Gasteiger partial charge in [0.05, 0.1) is 10.2 Å². The Bertz CT molecular complexity index is 1180. The summed E-state index contributed by atoms with van der Waals surface area (Å²) in [6.07, 6.45) is 1.40. The zero-order valence-corrected chi connectivity index (χ0v) is 15.7. The van der Waals surface area contributed by atoms with Crippen molar-refractivity contribution in [1.82, 2.24) is 14.8 Å².